The lowest BCUT2D eigenvalue weighted by molar-refractivity contribution is -0.117. The Balaban J connectivity index is 1.53. The molecule has 1 aliphatic heterocycles. The zero-order valence-corrected chi connectivity index (χ0v) is 19.9. The molecule has 1 heterocycles. The Bertz CT molecular complexity index is 1130. The summed E-state index contributed by atoms with van der Waals surface area (Å²) in [4.78, 5) is 33.4. The number of nitrogens with one attached hydrogen (secondary N) is 2. The summed E-state index contributed by atoms with van der Waals surface area (Å²) in [6.07, 6.45) is 3.80. The third kappa shape index (κ3) is 4.85. The molecule has 0 radical (unpaired) electrons. The Morgan fingerprint density at radius 3 is 2.62 bits per heavy atom. The molecule has 0 aromatic heterocycles. The summed E-state index contributed by atoms with van der Waals surface area (Å²) in [6.45, 7) is 0.129. The van der Waals surface area contributed by atoms with Crippen molar-refractivity contribution in [1.82, 2.24) is 10.2 Å². The number of carbonyl (C=O) groups is 2. The molecule has 1 aliphatic carbocycles. The van der Waals surface area contributed by atoms with Gasteiger partial charge in [0.2, 0.25) is 11.6 Å². The molecule has 0 saturated heterocycles. The van der Waals surface area contributed by atoms with E-state index < -0.39 is 17.7 Å². The number of carbonyl (C=O) groups excluding carboxylic acids is 2. The summed E-state index contributed by atoms with van der Waals surface area (Å²) in [7, 11) is 1.44. The smallest absolute Gasteiger partial charge is 0.331 e. The Morgan fingerprint density at radius 1 is 1.15 bits per heavy atom. The fourth-order valence-corrected chi connectivity index (χ4v) is 4.39. The Kier molecular flexibility index (Phi) is 7.04. The van der Waals surface area contributed by atoms with Gasteiger partial charge in [-0.05, 0) is 48.7 Å². The molecule has 0 bridgehead atoms. The van der Waals surface area contributed by atoms with Crippen molar-refractivity contribution < 1.29 is 24.3 Å². The Labute approximate surface area is 206 Å². The largest absolute Gasteiger partial charge is 0.504 e. The van der Waals surface area contributed by atoms with Crippen molar-refractivity contribution in [2.24, 2.45) is 5.16 Å². The summed E-state index contributed by atoms with van der Waals surface area (Å²) < 4.78 is 5.10. The minimum atomic E-state index is -1.02. The number of urea groups is 1. The van der Waals surface area contributed by atoms with Crippen molar-refractivity contribution in [3.05, 3.63) is 52.0 Å². The first-order valence-electron chi connectivity index (χ1n) is 10.8. The van der Waals surface area contributed by atoms with Gasteiger partial charge in [0.1, 0.15) is 0 Å². The number of rotatable bonds is 5. The molecular formula is C23H24Cl2N4O5. The monoisotopic (exact) mass is 506 g/mol. The fourth-order valence-electron chi connectivity index (χ4n) is 4.09. The number of halogens is 2. The maximum atomic E-state index is 13.3. The zero-order chi connectivity index (χ0) is 24.3. The maximum absolute atomic E-state index is 13.3. The molecule has 2 aromatic rings. The Morgan fingerprint density at radius 2 is 1.91 bits per heavy atom. The summed E-state index contributed by atoms with van der Waals surface area (Å²) in [5.74, 6) is -0.420. The van der Waals surface area contributed by atoms with E-state index in [2.05, 4.69) is 15.8 Å². The molecule has 180 valence electrons. The van der Waals surface area contributed by atoms with E-state index in [0.29, 0.717) is 34.1 Å². The number of amidine groups is 1. The van der Waals surface area contributed by atoms with Crippen LogP contribution in [0.4, 0.5) is 10.5 Å². The molecule has 2 aromatic carbocycles. The van der Waals surface area contributed by atoms with Crippen LogP contribution in [0.2, 0.25) is 10.0 Å². The summed E-state index contributed by atoms with van der Waals surface area (Å²) in [5, 5.41) is 19.9. The molecule has 3 amide bonds. The van der Waals surface area contributed by atoms with Crippen LogP contribution >= 0.6 is 23.2 Å². The number of benzene rings is 2. The third-order valence-electron chi connectivity index (χ3n) is 5.83. The molecule has 34 heavy (non-hydrogen) atoms. The van der Waals surface area contributed by atoms with Crippen LogP contribution < -0.4 is 15.4 Å². The molecule has 11 heteroatoms. The summed E-state index contributed by atoms with van der Waals surface area (Å²) >= 11 is 12.0. The predicted octanol–water partition coefficient (Wildman–Crippen LogP) is 4.86. The van der Waals surface area contributed by atoms with Crippen molar-refractivity contribution in [1.29, 1.82) is 0 Å². The van der Waals surface area contributed by atoms with E-state index in [9.17, 15) is 14.7 Å². The van der Waals surface area contributed by atoms with E-state index in [1.807, 2.05) is 0 Å². The number of methoxy groups -OCH3 is 1. The van der Waals surface area contributed by atoms with E-state index >= 15 is 0 Å². The second-order valence-corrected chi connectivity index (χ2v) is 8.91. The van der Waals surface area contributed by atoms with Gasteiger partial charge < -0.3 is 25.3 Å². The quantitative estimate of drug-likeness (QED) is 0.535. The SMILES string of the molecule is COc1cc(CNC(=O)C2=NOC3(CCCCC3)N2C(=O)Nc2ccc(Cl)c(Cl)c2)ccc1O. The minimum Gasteiger partial charge on any atom is -0.504 e. The third-order valence-corrected chi connectivity index (χ3v) is 6.57. The van der Waals surface area contributed by atoms with Crippen LogP contribution in [0.3, 0.4) is 0 Å². The summed E-state index contributed by atoms with van der Waals surface area (Å²) in [5.41, 5.74) is 0.0994. The van der Waals surface area contributed by atoms with E-state index in [1.54, 1.807) is 24.3 Å². The summed E-state index contributed by atoms with van der Waals surface area (Å²) in [6, 6.07) is 8.90. The molecule has 4 rings (SSSR count). The molecule has 1 saturated carbocycles. The Hall–Kier alpha value is -3.17. The minimum absolute atomic E-state index is 0.00414. The number of hydrogen-bond acceptors (Lipinski definition) is 6. The van der Waals surface area contributed by atoms with E-state index in [1.165, 1.54) is 24.1 Å². The van der Waals surface area contributed by atoms with Gasteiger partial charge in [-0.3, -0.25) is 4.79 Å². The molecule has 0 unspecified atom stereocenters. The number of anilines is 1. The molecule has 1 spiro atoms. The van der Waals surface area contributed by atoms with Crippen molar-refractivity contribution in [2.75, 3.05) is 12.4 Å². The number of ether oxygens (including phenoxy) is 1. The number of amides is 3. The highest BCUT2D eigenvalue weighted by Gasteiger charge is 2.52. The van der Waals surface area contributed by atoms with Crippen LogP contribution in [-0.2, 0) is 16.2 Å². The second-order valence-electron chi connectivity index (χ2n) is 8.10. The van der Waals surface area contributed by atoms with Gasteiger partial charge in [0.15, 0.2) is 11.5 Å². The average molecular weight is 507 g/mol. The van der Waals surface area contributed by atoms with E-state index in [4.69, 9.17) is 32.8 Å². The molecule has 3 N–H and O–H groups in total. The maximum Gasteiger partial charge on any atom is 0.331 e. The van der Waals surface area contributed by atoms with Gasteiger partial charge in [-0.1, -0.05) is 40.8 Å². The van der Waals surface area contributed by atoms with Gasteiger partial charge in [-0.25, -0.2) is 9.69 Å². The lowest BCUT2D eigenvalue weighted by Crippen LogP contribution is -2.57. The van der Waals surface area contributed by atoms with Gasteiger partial charge in [0.25, 0.3) is 5.91 Å². The molecular weight excluding hydrogens is 483 g/mol. The van der Waals surface area contributed by atoms with Crippen LogP contribution in [-0.4, -0.2) is 40.6 Å². The van der Waals surface area contributed by atoms with Crippen LogP contribution in [0.15, 0.2) is 41.6 Å². The molecule has 0 atom stereocenters. The van der Waals surface area contributed by atoms with Crippen molar-refractivity contribution in [2.45, 2.75) is 44.4 Å². The van der Waals surface area contributed by atoms with Crippen LogP contribution in [0.5, 0.6) is 11.5 Å². The standard InChI is InChI=1S/C23H24Cl2N4O5/c1-33-19-11-14(5-8-18(19)30)13-26-21(31)20-28-34-23(9-3-2-4-10-23)29(20)22(32)27-15-6-7-16(24)17(25)12-15/h5-8,11-12,30H,2-4,9-10,13H2,1H3,(H,26,31)(H,27,32). The number of aromatic hydroxyl groups is 1. The van der Waals surface area contributed by atoms with Gasteiger partial charge in [-0.2, -0.15) is 0 Å². The van der Waals surface area contributed by atoms with Crippen molar-refractivity contribution >= 4 is 46.7 Å². The fraction of sp³-hybridized carbons (Fsp3) is 0.348. The first kappa shape index (κ1) is 24.0. The van der Waals surface area contributed by atoms with Crippen molar-refractivity contribution in [3.8, 4) is 11.5 Å². The highest BCUT2D eigenvalue weighted by Crippen LogP contribution is 2.39. The number of hydrogen-bond donors (Lipinski definition) is 3. The normalized spacial score (nSPS) is 16.6. The van der Waals surface area contributed by atoms with E-state index in [-0.39, 0.29) is 23.9 Å². The second kappa shape index (κ2) is 9.99. The molecule has 1 fully saturated rings. The van der Waals surface area contributed by atoms with Crippen LogP contribution in [0.25, 0.3) is 0 Å². The van der Waals surface area contributed by atoms with Crippen LogP contribution in [0, 0.1) is 0 Å². The first-order chi connectivity index (χ1) is 16.3. The van der Waals surface area contributed by atoms with Gasteiger partial charge in [-0.15, -0.1) is 0 Å². The van der Waals surface area contributed by atoms with Crippen molar-refractivity contribution in [3.63, 3.8) is 0 Å². The van der Waals surface area contributed by atoms with Crippen LogP contribution in [0.1, 0.15) is 37.7 Å². The average Bonchev–Trinajstić information content (AvgIpc) is 3.19. The van der Waals surface area contributed by atoms with Gasteiger partial charge in [0.05, 0.1) is 17.2 Å². The first-order valence-corrected chi connectivity index (χ1v) is 11.5. The number of phenols is 1. The van der Waals surface area contributed by atoms with Gasteiger partial charge in [0, 0.05) is 25.1 Å². The molecule has 2 aliphatic rings. The topological polar surface area (TPSA) is 112 Å². The number of nitrogens with zero attached hydrogens (tertiary/aromatic N) is 2. The van der Waals surface area contributed by atoms with Gasteiger partial charge >= 0.3 is 6.03 Å². The zero-order valence-electron chi connectivity index (χ0n) is 18.4. The highest BCUT2D eigenvalue weighted by molar-refractivity contribution is 6.42. The number of oxime groups is 1. The number of phenolic OH excluding ortho intramolecular Hbond substituents is 1. The molecule has 9 nitrogen and oxygen atoms in total. The highest BCUT2D eigenvalue weighted by atomic mass is 35.5. The predicted molar refractivity (Wildman–Crippen MR) is 128 cm³/mol. The lowest BCUT2D eigenvalue weighted by atomic mass is 9.90. The lowest BCUT2D eigenvalue weighted by Gasteiger charge is -2.38. The van der Waals surface area contributed by atoms with E-state index in [0.717, 1.165) is 19.3 Å².